The van der Waals surface area contributed by atoms with E-state index in [9.17, 15) is 19.8 Å². The summed E-state index contributed by atoms with van der Waals surface area (Å²) in [7, 11) is 1.52. The molecule has 0 bridgehead atoms. The van der Waals surface area contributed by atoms with E-state index in [0.717, 1.165) is 0 Å². The van der Waals surface area contributed by atoms with Gasteiger partial charge in [0.15, 0.2) is 11.5 Å². The molecule has 150 valence electrons. The maximum Gasteiger partial charge on any atom is 0.343 e. The van der Waals surface area contributed by atoms with Gasteiger partial charge in [-0.05, 0) is 30.2 Å². The molecular weight excluding hydrogens is 374 g/mol. The number of ether oxygens (including phenoxy) is 2. The number of aliphatic hydroxyl groups excluding tert-OH is 2. The monoisotopic (exact) mass is 395 g/mol. The van der Waals surface area contributed by atoms with Crippen LogP contribution in [0.25, 0.3) is 5.57 Å². The van der Waals surface area contributed by atoms with Crippen molar-refractivity contribution in [1.82, 2.24) is 5.32 Å². The van der Waals surface area contributed by atoms with Crippen molar-refractivity contribution in [2.45, 2.75) is 13.0 Å². The molecule has 1 heterocycles. The molecule has 29 heavy (non-hydrogen) atoms. The Morgan fingerprint density at radius 1 is 1.14 bits per heavy atom. The minimum atomic E-state index is -0.724. The molecule has 0 unspecified atom stereocenters. The van der Waals surface area contributed by atoms with Gasteiger partial charge in [-0.1, -0.05) is 42.5 Å². The highest BCUT2D eigenvalue weighted by Gasteiger charge is 2.33. The first-order chi connectivity index (χ1) is 14.0. The number of hydrogen-bond donors (Lipinski definition) is 3. The van der Waals surface area contributed by atoms with E-state index in [-0.39, 0.29) is 23.5 Å². The van der Waals surface area contributed by atoms with E-state index in [4.69, 9.17) is 9.47 Å². The number of carbonyl (C=O) groups is 2. The number of benzene rings is 2. The van der Waals surface area contributed by atoms with E-state index in [0.29, 0.717) is 16.9 Å². The van der Waals surface area contributed by atoms with Crippen molar-refractivity contribution >= 4 is 17.4 Å². The molecule has 3 N–H and O–H groups in total. The maximum atomic E-state index is 13.2. The van der Waals surface area contributed by atoms with Crippen molar-refractivity contribution in [2.75, 3.05) is 13.7 Å². The van der Waals surface area contributed by atoms with Gasteiger partial charge in [0.2, 0.25) is 0 Å². The smallest absolute Gasteiger partial charge is 0.343 e. The summed E-state index contributed by atoms with van der Waals surface area (Å²) in [5, 5.41) is 22.8. The van der Waals surface area contributed by atoms with Gasteiger partial charge in [-0.3, -0.25) is 4.79 Å². The molecule has 2 aromatic rings. The van der Waals surface area contributed by atoms with Crippen molar-refractivity contribution in [3.63, 3.8) is 0 Å². The number of carbonyl (C=O) groups excluding carboxylic acids is 2. The number of methoxy groups -OCH3 is 1. The molecule has 1 amide bonds. The van der Waals surface area contributed by atoms with E-state index < -0.39 is 23.7 Å². The topological polar surface area (TPSA) is 105 Å². The second kappa shape index (κ2) is 8.62. The van der Waals surface area contributed by atoms with Gasteiger partial charge in [-0.15, -0.1) is 0 Å². The van der Waals surface area contributed by atoms with E-state index in [1.807, 2.05) is 6.07 Å². The SMILES string of the molecule is COc1ccc(/C(C(=O)N[C@H](CO)c2ccccc2)=C2\OC(=O)C(C)=C2O)cc1. The lowest BCUT2D eigenvalue weighted by Crippen LogP contribution is -2.32. The first-order valence-corrected chi connectivity index (χ1v) is 8.94. The number of esters is 1. The average Bonchev–Trinajstić information content (AvgIpc) is 3.00. The van der Waals surface area contributed by atoms with Gasteiger partial charge in [0, 0.05) is 0 Å². The van der Waals surface area contributed by atoms with Crippen molar-refractivity contribution < 1.29 is 29.3 Å². The van der Waals surface area contributed by atoms with Gasteiger partial charge in [-0.25, -0.2) is 4.79 Å². The molecule has 3 rings (SSSR count). The third-order valence-corrected chi connectivity index (χ3v) is 4.59. The highest BCUT2D eigenvalue weighted by Crippen LogP contribution is 2.32. The van der Waals surface area contributed by atoms with Crippen LogP contribution >= 0.6 is 0 Å². The third kappa shape index (κ3) is 4.14. The zero-order chi connectivity index (χ0) is 21.0. The largest absolute Gasteiger partial charge is 0.504 e. The summed E-state index contributed by atoms with van der Waals surface area (Å²) in [6, 6.07) is 14.8. The van der Waals surface area contributed by atoms with Crippen LogP contribution < -0.4 is 10.1 Å². The molecule has 7 nitrogen and oxygen atoms in total. The van der Waals surface area contributed by atoms with Crippen molar-refractivity contribution in [3.8, 4) is 5.75 Å². The molecule has 0 aliphatic carbocycles. The molecule has 0 radical (unpaired) electrons. The third-order valence-electron chi connectivity index (χ3n) is 4.59. The summed E-state index contributed by atoms with van der Waals surface area (Å²) in [6.07, 6.45) is 0. The van der Waals surface area contributed by atoms with Gasteiger partial charge in [-0.2, -0.15) is 0 Å². The first-order valence-electron chi connectivity index (χ1n) is 8.94. The summed E-state index contributed by atoms with van der Waals surface area (Å²) in [6.45, 7) is 1.08. The van der Waals surface area contributed by atoms with E-state index in [1.165, 1.54) is 14.0 Å². The number of nitrogens with one attached hydrogen (secondary N) is 1. The second-order valence-corrected chi connectivity index (χ2v) is 6.42. The fourth-order valence-electron chi connectivity index (χ4n) is 2.93. The summed E-state index contributed by atoms with van der Waals surface area (Å²) in [5.74, 6) is -1.37. The quantitative estimate of drug-likeness (QED) is 0.513. The Morgan fingerprint density at radius 2 is 1.79 bits per heavy atom. The predicted octanol–water partition coefficient (Wildman–Crippen LogP) is 2.64. The van der Waals surface area contributed by atoms with Gasteiger partial charge >= 0.3 is 5.97 Å². The number of cyclic esters (lactones) is 1. The Kier molecular flexibility index (Phi) is 5.99. The molecule has 7 heteroatoms. The Bertz CT molecular complexity index is 976. The molecule has 0 spiro atoms. The molecule has 0 saturated carbocycles. The van der Waals surface area contributed by atoms with E-state index >= 15 is 0 Å². The van der Waals surface area contributed by atoms with Crippen LogP contribution in [-0.2, 0) is 14.3 Å². The lowest BCUT2D eigenvalue weighted by atomic mass is 10.0. The molecule has 1 aliphatic rings. The molecule has 1 aliphatic heterocycles. The van der Waals surface area contributed by atoms with Gasteiger partial charge < -0.3 is 25.0 Å². The molecule has 0 saturated heterocycles. The van der Waals surface area contributed by atoms with Gasteiger partial charge in [0.25, 0.3) is 5.91 Å². The number of rotatable bonds is 6. The Labute approximate surface area is 167 Å². The standard InChI is InChI=1S/C22H21NO6/c1-13-19(25)20(29-22(13)27)18(15-8-10-16(28-2)11-9-15)21(26)23-17(12-24)14-6-4-3-5-7-14/h3-11,17,24-25H,12H2,1-2H3,(H,23,26)/b20-18+/t17-/m1/s1. The Balaban J connectivity index is 2.03. The van der Waals surface area contributed by atoms with Crippen LogP contribution in [0, 0.1) is 0 Å². The highest BCUT2D eigenvalue weighted by atomic mass is 16.6. The second-order valence-electron chi connectivity index (χ2n) is 6.42. The van der Waals surface area contributed by atoms with Crippen LogP contribution in [0.3, 0.4) is 0 Å². The molecule has 0 fully saturated rings. The average molecular weight is 395 g/mol. The molecular formula is C22H21NO6. The van der Waals surface area contributed by atoms with Crippen molar-refractivity contribution in [2.24, 2.45) is 0 Å². The predicted molar refractivity (Wildman–Crippen MR) is 106 cm³/mol. The normalized spacial score (nSPS) is 16.3. The zero-order valence-electron chi connectivity index (χ0n) is 16.0. The van der Waals surface area contributed by atoms with Crippen molar-refractivity contribution in [3.05, 3.63) is 82.8 Å². The van der Waals surface area contributed by atoms with E-state index in [2.05, 4.69) is 5.32 Å². The molecule has 1 atom stereocenters. The lowest BCUT2D eigenvalue weighted by Gasteiger charge is -2.19. The molecule has 0 aromatic heterocycles. The Morgan fingerprint density at radius 3 is 2.31 bits per heavy atom. The van der Waals surface area contributed by atoms with Crippen LogP contribution in [0.2, 0.25) is 0 Å². The fraction of sp³-hybridized carbons (Fsp3) is 0.182. The maximum absolute atomic E-state index is 13.2. The summed E-state index contributed by atoms with van der Waals surface area (Å²) in [5.41, 5.74) is 1.12. The Hall–Kier alpha value is -3.58. The van der Waals surface area contributed by atoms with Crippen molar-refractivity contribution in [1.29, 1.82) is 0 Å². The van der Waals surface area contributed by atoms with Gasteiger partial charge in [0.1, 0.15) is 5.75 Å². The van der Waals surface area contributed by atoms with E-state index in [1.54, 1.807) is 48.5 Å². The number of amides is 1. The van der Waals surface area contributed by atoms with Gasteiger partial charge in [0.05, 0.1) is 30.9 Å². The first kappa shape index (κ1) is 20.2. The highest BCUT2D eigenvalue weighted by molar-refractivity contribution is 6.21. The van der Waals surface area contributed by atoms with Crippen LogP contribution in [0.4, 0.5) is 0 Å². The van der Waals surface area contributed by atoms with Crippen LogP contribution in [-0.4, -0.2) is 35.8 Å². The number of hydrogen-bond acceptors (Lipinski definition) is 6. The van der Waals surface area contributed by atoms with Crippen LogP contribution in [0.1, 0.15) is 24.1 Å². The summed E-state index contributed by atoms with van der Waals surface area (Å²) in [4.78, 5) is 25.0. The summed E-state index contributed by atoms with van der Waals surface area (Å²) >= 11 is 0. The molecule has 2 aromatic carbocycles. The van der Waals surface area contributed by atoms with Crippen LogP contribution in [0.15, 0.2) is 71.7 Å². The summed E-state index contributed by atoms with van der Waals surface area (Å²) < 4.78 is 10.3. The van der Waals surface area contributed by atoms with Crippen LogP contribution in [0.5, 0.6) is 5.75 Å². The lowest BCUT2D eigenvalue weighted by molar-refractivity contribution is -0.133. The number of aliphatic hydroxyl groups is 2. The fourth-order valence-corrected chi connectivity index (χ4v) is 2.93. The minimum absolute atomic E-state index is 0.0144. The zero-order valence-corrected chi connectivity index (χ0v) is 16.0. The minimum Gasteiger partial charge on any atom is -0.504 e.